The Morgan fingerprint density at radius 3 is 2.31 bits per heavy atom. The molecule has 0 amide bonds. The first-order valence-electron chi connectivity index (χ1n) is 7.88. The van der Waals surface area contributed by atoms with E-state index in [0.29, 0.717) is 5.56 Å². The predicted molar refractivity (Wildman–Crippen MR) is 92.1 cm³/mol. The maximum atomic E-state index is 13.1. The van der Waals surface area contributed by atoms with Crippen LogP contribution in [0.4, 0.5) is 0 Å². The molecule has 0 saturated carbocycles. The maximum absolute atomic E-state index is 13.1. The van der Waals surface area contributed by atoms with Crippen LogP contribution < -0.4 is 14.2 Å². The van der Waals surface area contributed by atoms with E-state index in [1.165, 1.54) is 34.5 Å². The normalized spacial score (nSPS) is 21.7. The van der Waals surface area contributed by atoms with Crippen LogP contribution >= 0.6 is 0 Å². The first kappa shape index (κ1) is 18.0. The minimum Gasteiger partial charge on any atom is -0.507 e. The van der Waals surface area contributed by atoms with Gasteiger partial charge in [-0.05, 0) is 0 Å². The van der Waals surface area contributed by atoms with Crippen molar-refractivity contribution >= 4 is 5.78 Å². The number of aromatic hydroxyl groups is 1. The van der Waals surface area contributed by atoms with Crippen molar-refractivity contribution in [1.82, 2.24) is 0 Å². The predicted octanol–water partition coefficient (Wildman–Crippen LogP) is 2.50. The highest BCUT2D eigenvalue weighted by atomic mass is 16.7. The lowest BCUT2D eigenvalue weighted by Gasteiger charge is -2.42. The molecule has 3 rings (SSSR count). The van der Waals surface area contributed by atoms with E-state index >= 15 is 0 Å². The number of carbonyl (C=O) groups excluding carboxylic acids is 1. The molecule has 0 spiro atoms. The second kappa shape index (κ2) is 6.86. The number of hydrogen-bond donors (Lipinski definition) is 1. The summed E-state index contributed by atoms with van der Waals surface area (Å²) in [7, 11) is 5.64. The Hall–Kier alpha value is -2.77. The van der Waals surface area contributed by atoms with E-state index in [-0.39, 0.29) is 28.6 Å². The summed E-state index contributed by atoms with van der Waals surface area (Å²) in [6.07, 6.45) is -1.13. The van der Waals surface area contributed by atoms with Crippen molar-refractivity contribution in [2.24, 2.45) is 0 Å². The third kappa shape index (κ3) is 2.48. The third-order valence-electron chi connectivity index (χ3n) is 4.40. The van der Waals surface area contributed by atoms with Gasteiger partial charge in [-0.15, -0.1) is 0 Å². The first-order chi connectivity index (χ1) is 12.5. The van der Waals surface area contributed by atoms with Crippen LogP contribution in [-0.2, 0) is 15.3 Å². The molecule has 2 aromatic carbocycles. The Morgan fingerprint density at radius 1 is 1.08 bits per heavy atom. The second-order valence-corrected chi connectivity index (χ2v) is 5.66. The lowest BCUT2D eigenvalue weighted by Crippen LogP contribution is -2.54. The summed E-state index contributed by atoms with van der Waals surface area (Å²) < 4.78 is 27.8. The number of fused-ring (bicyclic) bond motifs is 1. The highest BCUT2D eigenvalue weighted by Gasteiger charge is 2.54. The van der Waals surface area contributed by atoms with Gasteiger partial charge in [0.25, 0.3) is 5.79 Å². The maximum Gasteiger partial charge on any atom is 0.271 e. The van der Waals surface area contributed by atoms with Gasteiger partial charge in [-0.1, -0.05) is 30.3 Å². The van der Waals surface area contributed by atoms with Gasteiger partial charge >= 0.3 is 0 Å². The molecule has 138 valence electrons. The summed E-state index contributed by atoms with van der Waals surface area (Å²) in [5, 5.41) is 10.4. The van der Waals surface area contributed by atoms with Gasteiger partial charge in [0.15, 0.2) is 17.6 Å². The quantitative estimate of drug-likeness (QED) is 0.877. The largest absolute Gasteiger partial charge is 0.507 e. The summed E-state index contributed by atoms with van der Waals surface area (Å²) in [6.45, 7) is 0. The summed E-state index contributed by atoms with van der Waals surface area (Å²) >= 11 is 0. The number of carbonyl (C=O) groups is 1. The van der Waals surface area contributed by atoms with Crippen molar-refractivity contribution < 1.29 is 33.6 Å². The molecule has 26 heavy (non-hydrogen) atoms. The van der Waals surface area contributed by atoms with Gasteiger partial charge in [-0.25, -0.2) is 0 Å². The van der Waals surface area contributed by atoms with Crippen LogP contribution in [0.15, 0.2) is 36.4 Å². The zero-order valence-electron chi connectivity index (χ0n) is 14.9. The Kier molecular flexibility index (Phi) is 4.76. The van der Waals surface area contributed by atoms with Crippen molar-refractivity contribution in [2.45, 2.75) is 11.9 Å². The molecule has 1 N–H and O–H groups in total. The molecule has 0 bridgehead atoms. The van der Waals surface area contributed by atoms with Crippen LogP contribution in [0.1, 0.15) is 15.9 Å². The SMILES string of the molecule is COc1cc(O)c2c(c1OC)OC(OC)(c1ccccc1)C(OC)C2=O. The highest BCUT2D eigenvalue weighted by Crippen LogP contribution is 2.52. The number of benzene rings is 2. The fraction of sp³-hybridized carbons (Fsp3) is 0.316. The molecular weight excluding hydrogens is 340 g/mol. The molecule has 1 aliphatic heterocycles. The average Bonchev–Trinajstić information content (AvgIpc) is 2.67. The van der Waals surface area contributed by atoms with Gasteiger partial charge in [0.1, 0.15) is 11.3 Å². The van der Waals surface area contributed by atoms with Gasteiger partial charge in [-0.2, -0.15) is 0 Å². The Labute approximate surface area is 151 Å². The zero-order valence-corrected chi connectivity index (χ0v) is 14.9. The van der Waals surface area contributed by atoms with Crippen molar-refractivity contribution in [3.63, 3.8) is 0 Å². The van der Waals surface area contributed by atoms with Crippen LogP contribution in [0.3, 0.4) is 0 Å². The molecule has 2 unspecified atom stereocenters. The lowest BCUT2D eigenvalue weighted by atomic mass is 9.89. The number of ether oxygens (including phenoxy) is 5. The molecule has 0 aromatic heterocycles. The average molecular weight is 360 g/mol. The Morgan fingerprint density at radius 2 is 1.77 bits per heavy atom. The standard InChI is InChI=1S/C19H20O7/c1-22-13-10-12(20)14-15(21)18(24-3)19(25-4,11-8-6-5-7-9-11)26-17(14)16(13)23-2/h5-10,18,20H,1-4H3. The van der Waals surface area contributed by atoms with Gasteiger partial charge in [0, 0.05) is 25.8 Å². The van der Waals surface area contributed by atoms with Gasteiger partial charge in [0.2, 0.25) is 11.5 Å². The molecule has 7 nitrogen and oxygen atoms in total. The molecule has 0 aliphatic carbocycles. The molecule has 7 heteroatoms. The molecule has 1 heterocycles. The van der Waals surface area contributed by atoms with Crippen LogP contribution in [-0.4, -0.2) is 45.4 Å². The molecule has 2 atom stereocenters. The molecule has 0 saturated heterocycles. The highest BCUT2D eigenvalue weighted by molar-refractivity contribution is 6.07. The van der Waals surface area contributed by atoms with Crippen molar-refractivity contribution in [3.8, 4) is 23.0 Å². The lowest BCUT2D eigenvalue weighted by molar-refractivity contribution is -0.230. The minimum atomic E-state index is -1.55. The van der Waals surface area contributed by atoms with E-state index < -0.39 is 17.7 Å². The third-order valence-corrected chi connectivity index (χ3v) is 4.40. The van der Waals surface area contributed by atoms with E-state index in [9.17, 15) is 9.90 Å². The van der Waals surface area contributed by atoms with Gasteiger partial charge < -0.3 is 28.8 Å². The van der Waals surface area contributed by atoms with Crippen LogP contribution in [0.5, 0.6) is 23.0 Å². The summed E-state index contributed by atoms with van der Waals surface area (Å²) in [4.78, 5) is 13.1. The topological polar surface area (TPSA) is 83.5 Å². The number of rotatable bonds is 5. The second-order valence-electron chi connectivity index (χ2n) is 5.66. The van der Waals surface area contributed by atoms with Crippen LogP contribution in [0.2, 0.25) is 0 Å². The number of hydrogen-bond acceptors (Lipinski definition) is 7. The first-order valence-corrected chi connectivity index (χ1v) is 7.88. The summed E-state index contributed by atoms with van der Waals surface area (Å²) in [5.74, 6) is -1.88. The Balaban J connectivity index is 2.31. The van der Waals surface area contributed by atoms with E-state index in [1.807, 2.05) is 6.07 Å². The number of phenolic OH excluding ortho intramolecular Hbond substituents is 1. The van der Waals surface area contributed by atoms with Gasteiger partial charge in [-0.3, -0.25) is 4.79 Å². The number of Topliss-reactive ketones (excluding diaryl/α,β-unsaturated/α-hetero) is 1. The minimum absolute atomic E-state index is 0.0355. The summed E-state index contributed by atoms with van der Waals surface area (Å²) in [6, 6.07) is 10.3. The van der Waals surface area contributed by atoms with Crippen molar-refractivity contribution in [2.75, 3.05) is 28.4 Å². The van der Waals surface area contributed by atoms with Gasteiger partial charge in [0.05, 0.1) is 14.2 Å². The smallest absolute Gasteiger partial charge is 0.271 e. The fourth-order valence-corrected chi connectivity index (χ4v) is 3.20. The van der Waals surface area contributed by atoms with E-state index in [0.717, 1.165) is 0 Å². The molecular formula is C19H20O7. The summed E-state index contributed by atoms with van der Waals surface area (Å²) in [5.41, 5.74) is 0.538. The zero-order chi connectivity index (χ0) is 18.9. The Bertz CT molecular complexity index is 818. The number of methoxy groups -OCH3 is 4. The monoisotopic (exact) mass is 360 g/mol. The molecule has 2 aromatic rings. The van der Waals surface area contributed by atoms with Crippen LogP contribution in [0, 0.1) is 0 Å². The van der Waals surface area contributed by atoms with Crippen molar-refractivity contribution in [1.29, 1.82) is 0 Å². The number of phenols is 1. The van der Waals surface area contributed by atoms with Crippen molar-refractivity contribution in [3.05, 3.63) is 47.5 Å². The van der Waals surface area contributed by atoms with E-state index in [4.69, 9.17) is 23.7 Å². The number of ketones is 1. The molecule has 0 fully saturated rings. The molecule has 1 aliphatic rings. The fourth-order valence-electron chi connectivity index (χ4n) is 3.20. The van der Waals surface area contributed by atoms with E-state index in [1.54, 1.807) is 24.3 Å². The van der Waals surface area contributed by atoms with E-state index in [2.05, 4.69) is 0 Å². The van der Waals surface area contributed by atoms with Crippen LogP contribution in [0.25, 0.3) is 0 Å². The molecule has 0 radical (unpaired) electrons.